The van der Waals surface area contributed by atoms with Crippen molar-refractivity contribution in [2.45, 2.75) is 47.3 Å². The lowest BCUT2D eigenvalue weighted by atomic mass is 10.1. The minimum absolute atomic E-state index is 0.0427. The summed E-state index contributed by atoms with van der Waals surface area (Å²) in [6.07, 6.45) is 0. The van der Waals surface area contributed by atoms with E-state index in [4.69, 9.17) is 4.42 Å². The van der Waals surface area contributed by atoms with Gasteiger partial charge in [-0.25, -0.2) is 0 Å². The van der Waals surface area contributed by atoms with E-state index in [1.807, 2.05) is 13.8 Å². The fourth-order valence-electron chi connectivity index (χ4n) is 3.51. The van der Waals surface area contributed by atoms with Crippen LogP contribution in [0.3, 0.4) is 0 Å². The molecule has 0 bridgehead atoms. The molecule has 0 atom stereocenters. The second kappa shape index (κ2) is 4.89. The van der Waals surface area contributed by atoms with Gasteiger partial charge < -0.3 is 14.6 Å². The van der Waals surface area contributed by atoms with Crippen molar-refractivity contribution in [2.75, 3.05) is 0 Å². The van der Waals surface area contributed by atoms with E-state index in [0.717, 1.165) is 16.4 Å². The summed E-state index contributed by atoms with van der Waals surface area (Å²) in [5.41, 5.74) is 3.19. The van der Waals surface area contributed by atoms with Gasteiger partial charge in [0.2, 0.25) is 5.71 Å². The van der Waals surface area contributed by atoms with Gasteiger partial charge in [0.15, 0.2) is 5.58 Å². The molecule has 2 heterocycles. The van der Waals surface area contributed by atoms with Gasteiger partial charge in [-0.3, -0.25) is 9.20 Å². The van der Waals surface area contributed by atoms with Crippen LogP contribution in [0.1, 0.15) is 22.3 Å². The second-order valence-electron chi connectivity index (χ2n) is 7.55. The molecule has 0 aliphatic heterocycles. The van der Waals surface area contributed by atoms with Gasteiger partial charge in [0.1, 0.15) is 16.9 Å². The maximum absolute atomic E-state index is 13.2. The zero-order valence-corrected chi connectivity index (χ0v) is 16.2. The number of rotatable bonds is 1. The van der Waals surface area contributed by atoms with Gasteiger partial charge in [-0.15, -0.1) is 0 Å². The van der Waals surface area contributed by atoms with Gasteiger partial charge in [-0.05, 0) is 33.3 Å². The second-order valence-corrected chi connectivity index (χ2v) is 12.5. The van der Waals surface area contributed by atoms with Crippen molar-refractivity contribution >= 4 is 30.1 Å². The standard InChI is InChI=1S/C18H23NO4Si/c1-8-9(2)18(24(5,6)7)19-16(22)12-14(21)10(3)13(20)11(4)15(12)23-17(8)19/h20-21H,1-7H3. The lowest BCUT2D eigenvalue weighted by Crippen LogP contribution is -2.45. The number of aryl methyl sites for hydroxylation is 2. The molecule has 0 radical (unpaired) electrons. The van der Waals surface area contributed by atoms with Crippen LogP contribution in [0.15, 0.2) is 9.21 Å². The van der Waals surface area contributed by atoms with Crippen molar-refractivity contribution in [3.05, 3.63) is 32.6 Å². The molecule has 1 aromatic carbocycles. The molecule has 0 aliphatic carbocycles. The number of phenolic OH excluding ortho intramolecular Hbond substituents is 2. The molecule has 6 heteroatoms. The molecule has 0 fully saturated rings. The summed E-state index contributed by atoms with van der Waals surface area (Å²) in [7, 11) is -1.82. The Kier molecular flexibility index (Phi) is 3.39. The lowest BCUT2D eigenvalue weighted by molar-refractivity contribution is 0.442. The van der Waals surface area contributed by atoms with E-state index in [1.165, 1.54) is 0 Å². The molecule has 0 aliphatic rings. The Morgan fingerprint density at radius 3 is 2.00 bits per heavy atom. The van der Waals surface area contributed by atoms with Crippen LogP contribution >= 0.6 is 0 Å². The highest BCUT2D eigenvalue weighted by molar-refractivity contribution is 6.88. The van der Waals surface area contributed by atoms with Crippen LogP contribution in [0, 0.1) is 27.7 Å². The number of benzene rings is 1. The molecule has 2 N–H and O–H groups in total. The molecular weight excluding hydrogens is 322 g/mol. The highest BCUT2D eigenvalue weighted by atomic mass is 28.3. The van der Waals surface area contributed by atoms with E-state index >= 15 is 0 Å². The maximum Gasteiger partial charge on any atom is 0.272 e. The first kappa shape index (κ1) is 16.6. The van der Waals surface area contributed by atoms with Crippen LogP contribution in [0.4, 0.5) is 0 Å². The Balaban J connectivity index is 2.72. The molecule has 0 unspecified atom stereocenters. The summed E-state index contributed by atoms with van der Waals surface area (Å²) in [5, 5.41) is 21.8. The molecule has 0 saturated heterocycles. The quantitative estimate of drug-likeness (QED) is 0.664. The molecule has 0 amide bonds. The van der Waals surface area contributed by atoms with Crippen LogP contribution in [0.25, 0.3) is 16.7 Å². The predicted octanol–water partition coefficient (Wildman–Crippen LogP) is 3.24. The zero-order valence-electron chi connectivity index (χ0n) is 15.2. The summed E-state index contributed by atoms with van der Waals surface area (Å²) in [6.45, 7) is 13.8. The number of nitrogens with zero attached hydrogens (tertiary/aromatic N) is 1. The molecule has 5 nitrogen and oxygen atoms in total. The monoisotopic (exact) mass is 345 g/mol. The third-order valence-corrected chi connectivity index (χ3v) is 6.88. The largest absolute Gasteiger partial charge is 0.507 e. The lowest BCUT2D eigenvalue weighted by Gasteiger charge is -2.18. The number of hydrogen-bond acceptors (Lipinski definition) is 4. The normalized spacial score (nSPS) is 12.5. The van der Waals surface area contributed by atoms with E-state index in [9.17, 15) is 15.0 Å². The van der Waals surface area contributed by atoms with E-state index in [2.05, 4.69) is 19.6 Å². The molecule has 0 spiro atoms. The van der Waals surface area contributed by atoms with Crippen LogP contribution in [-0.2, 0) is 0 Å². The first-order valence-corrected chi connectivity index (χ1v) is 11.5. The van der Waals surface area contributed by atoms with Crippen molar-refractivity contribution in [1.29, 1.82) is 0 Å². The van der Waals surface area contributed by atoms with Crippen LogP contribution < -0.4 is 10.9 Å². The zero-order chi connectivity index (χ0) is 18.1. The predicted molar refractivity (Wildman–Crippen MR) is 98.7 cm³/mol. The van der Waals surface area contributed by atoms with E-state index in [0.29, 0.717) is 16.8 Å². The Morgan fingerprint density at radius 2 is 1.46 bits per heavy atom. The molecule has 128 valence electrons. The summed E-state index contributed by atoms with van der Waals surface area (Å²) in [4.78, 5) is 13.2. The number of hydrogen-bond donors (Lipinski definition) is 2. The SMILES string of the molecule is Cc1c(O)c(C)c2oc3c(C)c(C)c([Si](C)(C)C)n3c(=O)c2c1O. The average molecular weight is 345 g/mol. The molecule has 3 aromatic rings. The molecule has 2 aromatic heterocycles. The number of fused-ring (bicyclic) bond motifs is 2. The summed E-state index contributed by atoms with van der Waals surface area (Å²) < 4.78 is 7.65. The Morgan fingerprint density at radius 1 is 0.875 bits per heavy atom. The third-order valence-electron chi connectivity index (χ3n) is 4.86. The highest BCUT2D eigenvalue weighted by Crippen LogP contribution is 2.37. The van der Waals surface area contributed by atoms with E-state index in [-0.39, 0.29) is 28.0 Å². The van der Waals surface area contributed by atoms with Gasteiger partial charge in [-0.2, -0.15) is 0 Å². The number of aromatic hydroxyl groups is 2. The minimum Gasteiger partial charge on any atom is -0.507 e. The van der Waals surface area contributed by atoms with Crippen LogP contribution in [0.5, 0.6) is 11.5 Å². The van der Waals surface area contributed by atoms with Gasteiger partial charge in [-0.1, -0.05) is 19.6 Å². The maximum atomic E-state index is 13.2. The minimum atomic E-state index is -1.82. The van der Waals surface area contributed by atoms with Crippen LogP contribution in [-0.4, -0.2) is 22.7 Å². The van der Waals surface area contributed by atoms with Crippen molar-refractivity contribution in [2.24, 2.45) is 0 Å². The van der Waals surface area contributed by atoms with Crippen molar-refractivity contribution in [1.82, 2.24) is 4.40 Å². The summed E-state index contributed by atoms with van der Waals surface area (Å²) >= 11 is 0. The Hall–Kier alpha value is -2.21. The van der Waals surface area contributed by atoms with Gasteiger partial charge in [0, 0.05) is 22.0 Å². The number of phenols is 2. The summed E-state index contributed by atoms with van der Waals surface area (Å²) in [5.74, 6) is -0.256. The van der Waals surface area contributed by atoms with E-state index in [1.54, 1.807) is 18.2 Å². The van der Waals surface area contributed by atoms with E-state index < -0.39 is 8.07 Å². The Bertz CT molecular complexity index is 1070. The smallest absolute Gasteiger partial charge is 0.272 e. The number of aromatic nitrogens is 1. The fourth-order valence-corrected chi connectivity index (χ4v) is 5.69. The van der Waals surface area contributed by atoms with Gasteiger partial charge >= 0.3 is 0 Å². The molecule has 0 saturated carbocycles. The van der Waals surface area contributed by atoms with Gasteiger partial charge in [0.25, 0.3) is 5.56 Å². The van der Waals surface area contributed by atoms with Crippen molar-refractivity contribution in [3.8, 4) is 11.5 Å². The Labute approximate surface area is 141 Å². The van der Waals surface area contributed by atoms with Crippen molar-refractivity contribution in [3.63, 3.8) is 0 Å². The molecule has 3 rings (SSSR count). The topological polar surface area (TPSA) is 75.1 Å². The summed E-state index contributed by atoms with van der Waals surface area (Å²) in [6, 6.07) is 0. The van der Waals surface area contributed by atoms with Crippen LogP contribution in [0.2, 0.25) is 19.6 Å². The first-order valence-electron chi connectivity index (χ1n) is 7.98. The molecular formula is C18H23NO4Si. The van der Waals surface area contributed by atoms with Crippen molar-refractivity contribution < 1.29 is 14.6 Å². The molecule has 24 heavy (non-hydrogen) atoms. The first-order chi connectivity index (χ1) is 11.0. The average Bonchev–Trinajstić information content (AvgIpc) is 2.75. The highest BCUT2D eigenvalue weighted by Gasteiger charge is 2.29. The fraction of sp³-hybridized carbons (Fsp3) is 0.389. The van der Waals surface area contributed by atoms with Gasteiger partial charge in [0.05, 0.1) is 8.07 Å². The third kappa shape index (κ3) is 1.95.